The zero-order valence-electron chi connectivity index (χ0n) is 28.4. The van der Waals surface area contributed by atoms with Crippen LogP contribution in [0.25, 0.3) is 11.1 Å². The normalized spacial score (nSPS) is 13.6. The quantitative estimate of drug-likeness (QED) is 0.190. The van der Waals surface area contributed by atoms with E-state index in [0.29, 0.717) is 0 Å². The molecule has 0 aliphatic carbocycles. The molecule has 0 spiro atoms. The predicted octanol–water partition coefficient (Wildman–Crippen LogP) is 13.5. The fourth-order valence-corrected chi connectivity index (χ4v) is 7.75. The van der Waals surface area contributed by atoms with Crippen molar-refractivity contribution in [1.29, 1.82) is 0 Å². The second-order valence-electron chi connectivity index (χ2n) is 14.8. The largest absolute Gasteiger partial charge is 0.453 e. The Morgan fingerprint density at radius 2 is 0.917 bits per heavy atom. The van der Waals surface area contributed by atoms with Gasteiger partial charge in [0.05, 0.1) is 22.7 Å². The van der Waals surface area contributed by atoms with Crippen LogP contribution in [0.3, 0.4) is 0 Å². The molecule has 0 fully saturated rings. The first-order chi connectivity index (χ1) is 23.0. The highest BCUT2D eigenvalue weighted by Crippen LogP contribution is 2.54. The Bertz CT molecular complexity index is 2000. The molecule has 48 heavy (non-hydrogen) atoms. The van der Waals surface area contributed by atoms with E-state index in [0.717, 1.165) is 39.7 Å². The summed E-state index contributed by atoms with van der Waals surface area (Å²) in [5.41, 5.74) is 11.9. The highest BCUT2D eigenvalue weighted by atomic mass is 32.2. The van der Waals surface area contributed by atoms with Crippen LogP contribution in [0.5, 0.6) is 11.5 Å². The Balaban J connectivity index is 1.18. The standard InChI is InChI=1S/C44H40N2OS/c1-43(2,3)31-17-21-33(22-18-31)45-35-11-7-9-13-39(35)47-40-27-29(15-25-36(40)45)30-16-26-38-42(28-30)48-41-14-10-8-12-37(41)46(38)34-23-19-32(20-24-34)44(4,5)6/h7-28H,1-6H3. The number of ether oxygens (including phenoxy) is 1. The lowest BCUT2D eigenvalue weighted by atomic mass is 9.87. The molecule has 0 atom stereocenters. The third-order valence-corrected chi connectivity index (χ3v) is 10.5. The van der Waals surface area contributed by atoms with Gasteiger partial charge in [0.2, 0.25) is 0 Å². The van der Waals surface area contributed by atoms with Crippen molar-refractivity contribution in [3.8, 4) is 22.6 Å². The number of benzene rings is 6. The van der Waals surface area contributed by atoms with E-state index in [4.69, 9.17) is 4.74 Å². The van der Waals surface area contributed by atoms with Crippen LogP contribution in [0.1, 0.15) is 52.7 Å². The second kappa shape index (κ2) is 11.4. The summed E-state index contributed by atoms with van der Waals surface area (Å²) in [4.78, 5) is 7.19. The van der Waals surface area contributed by atoms with Crippen LogP contribution < -0.4 is 14.5 Å². The molecule has 0 bridgehead atoms. The maximum absolute atomic E-state index is 6.58. The Hall–Kier alpha value is -4.93. The van der Waals surface area contributed by atoms with Crippen LogP contribution in [0, 0.1) is 0 Å². The molecular formula is C44H40N2OS. The molecule has 2 aliphatic heterocycles. The molecule has 0 amide bonds. The lowest BCUT2D eigenvalue weighted by molar-refractivity contribution is 0.477. The fourth-order valence-electron chi connectivity index (χ4n) is 6.65. The Morgan fingerprint density at radius 1 is 0.438 bits per heavy atom. The van der Waals surface area contributed by atoms with Crippen LogP contribution in [0.2, 0.25) is 0 Å². The van der Waals surface area contributed by atoms with Gasteiger partial charge in [-0.25, -0.2) is 0 Å². The van der Waals surface area contributed by atoms with Crippen molar-refractivity contribution < 1.29 is 4.74 Å². The lowest BCUT2D eigenvalue weighted by Gasteiger charge is -2.34. The molecule has 0 aromatic heterocycles. The van der Waals surface area contributed by atoms with Crippen molar-refractivity contribution in [2.45, 2.75) is 62.2 Å². The van der Waals surface area contributed by atoms with Crippen LogP contribution in [0.4, 0.5) is 34.1 Å². The molecule has 0 saturated heterocycles. The highest BCUT2D eigenvalue weighted by Gasteiger charge is 2.28. The predicted molar refractivity (Wildman–Crippen MR) is 203 cm³/mol. The molecule has 6 aromatic rings. The van der Waals surface area contributed by atoms with Crippen molar-refractivity contribution in [3.05, 3.63) is 145 Å². The third kappa shape index (κ3) is 5.35. The molecule has 8 rings (SSSR count). The van der Waals surface area contributed by atoms with Gasteiger partial charge in [-0.2, -0.15) is 0 Å². The van der Waals surface area contributed by atoms with Gasteiger partial charge in [-0.1, -0.05) is 114 Å². The lowest BCUT2D eigenvalue weighted by Crippen LogP contribution is -2.16. The van der Waals surface area contributed by atoms with Crippen molar-refractivity contribution in [2.75, 3.05) is 9.80 Å². The van der Waals surface area contributed by atoms with Crippen molar-refractivity contribution in [2.24, 2.45) is 0 Å². The second-order valence-corrected chi connectivity index (χ2v) is 15.9. The van der Waals surface area contributed by atoms with Crippen LogP contribution in [-0.2, 0) is 10.8 Å². The summed E-state index contributed by atoms with van der Waals surface area (Å²) >= 11 is 1.84. The Morgan fingerprint density at radius 3 is 1.54 bits per heavy atom. The van der Waals surface area contributed by atoms with Crippen LogP contribution in [-0.4, -0.2) is 0 Å². The molecule has 0 unspecified atom stereocenters. The third-order valence-electron chi connectivity index (χ3n) is 9.37. The van der Waals surface area contributed by atoms with E-state index >= 15 is 0 Å². The van der Waals surface area contributed by atoms with E-state index in [1.165, 1.54) is 38.0 Å². The summed E-state index contributed by atoms with van der Waals surface area (Å²) in [6.45, 7) is 13.5. The number of rotatable bonds is 3. The first kappa shape index (κ1) is 30.4. The molecule has 0 N–H and O–H groups in total. The average molecular weight is 645 g/mol. The smallest absolute Gasteiger partial charge is 0.152 e. The monoisotopic (exact) mass is 644 g/mol. The van der Waals surface area contributed by atoms with Crippen LogP contribution >= 0.6 is 11.8 Å². The van der Waals surface area contributed by atoms with Crippen molar-refractivity contribution in [3.63, 3.8) is 0 Å². The Kier molecular flexibility index (Phi) is 7.19. The number of fused-ring (bicyclic) bond motifs is 4. The number of anilines is 6. The number of para-hydroxylation sites is 3. The summed E-state index contributed by atoms with van der Waals surface area (Å²) in [6.07, 6.45) is 0. The summed E-state index contributed by atoms with van der Waals surface area (Å²) in [5, 5.41) is 0. The van der Waals surface area contributed by atoms with Crippen molar-refractivity contribution >= 4 is 45.9 Å². The maximum Gasteiger partial charge on any atom is 0.152 e. The van der Waals surface area contributed by atoms with E-state index in [1.54, 1.807) is 0 Å². The number of hydrogen-bond acceptors (Lipinski definition) is 4. The first-order valence-electron chi connectivity index (χ1n) is 16.7. The van der Waals surface area contributed by atoms with E-state index < -0.39 is 0 Å². The minimum absolute atomic E-state index is 0.0947. The van der Waals surface area contributed by atoms with Gasteiger partial charge in [-0.05, 0) is 106 Å². The van der Waals surface area contributed by atoms with Gasteiger partial charge in [-0.3, -0.25) is 0 Å². The van der Waals surface area contributed by atoms with Gasteiger partial charge < -0.3 is 14.5 Å². The summed E-state index contributed by atoms with van der Waals surface area (Å²) < 4.78 is 6.58. The van der Waals surface area contributed by atoms with Crippen LogP contribution in [0.15, 0.2) is 143 Å². The molecular weight excluding hydrogens is 605 g/mol. The maximum atomic E-state index is 6.58. The molecule has 6 aromatic carbocycles. The first-order valence-corrected chi connectivity index (χ1v) is 17.5. The van der Waals surface area contributed by atoms with Gasteiger partial charge in [0.25, 0.3) is 0 Å². The van der Waals surface area contributed by atoms with Gasteiger partial charge in [0.15, 0.2) is 11.5 Å². The minimum atomic E-state index is 0.0947. The average Bonchev–Trinajstić information content (AvgIpc) is 3.08. The molecule has 238 valence electrons. The van der Waals surface area contributed by atoms with Gasteiger partial charge in [0, 0.05) is 21.2 Å². The molecule has 2 heterocycles. The molecule has 3 nitrogen and oxygen atoms in total. The SMILES string of the molecule is CC(C)(C)c1ccc(N2c3ccccc3Oc3cc(-c4ccc5c(c4)Sc4ccccc4N5c4ccc(C(C)(C)C)cc4)ccc32)cc1. The highest BCUT2D eigenvalue weighted by molar-refractivity contribution is 7.99. The van der Waals surface area contributed by atoms with E-state index in [-0.39, 0.29) is 10.8 Å². The minimum Gasteiger partial charge on any atom is -0.453 e. The molecule has 2 aliphatic rings. The molecule has 0 radical (unpaired) electrons. The summed E-state index contributed by atoms with van der Waals surface area (Å²) in [5.74, 6) is 1.70. The number of nitrogens with zero attached hydrogens (tertiary/aromatic N) is 2. The van der Waals surface area contributed by atoms with E-state index in [2.05, 4.69) is 179 Å². The van der Waals surface area contributed by atoms with Gasteiger partial charge in [-0.15, -0.1) is 0 Å². The molecule has 0 saturated carbocycles. The topological polar surface area (TPSA) is 15.7 Å². The van der Waals surface area contributed by atoms with Gasteiger partial charge >= 0.3 is 0 Å². The zero-order chi connectivity index (χ0) is 33.2. The number of hydrogen-bond donors (Lipinski definition) is 0. The Labute approximate surface area is 288 Å². The summed E-state index contributed by atoms with van der Waals surface area (Å²) in [6, 6.07) is 48.4. The van der Waals surface area contributed by atoms with E-state index in [9.17, 15) is 0 Å². The summed E-state index contributed by atoms with van der Waals surface area (Å²) in [7, 11) is 0. The molecule has 4 heteroatoms. The van der Waals surface area contributed by atoms with Crippen molar-refractivity contribution in [1.82, 2.24) is 0 Å². The zero-order valence-corrected chi connectivity index (χ0v) is 29.2. The fraction of sp³-hybridized carbons (Fsp3) is 0.182. The van der Waals surface area contributed by atoms with E-state index in [1.807, 2.05) is 17.8 Å². The van der Waals surface area contributed by atoms with Gasteiger partial charge in [0.1, 0.15) is 0 Å².